The van der Waals surface area contributed by atoms with Crippen molar-refractivity contribution in [3.05, 3.63) is 46.3 Å². The molecule has 1 fully saturated rings. The van der Waals surface area contributed by atoms with Crippen LogP contribution in [0.1, 0.15) is 40.1 Å². The van der Waals surface area contributed by atoms with Crippen molar-refractivity contribution in [2.24, 2.45) is 5.92 Å². The lowest BCUT2D eigenvalue weighted by molar-refractivity contribution is -0.117. The second kappa shape index (κ2) is 7.27. The molecular weight excluding hydrogens is 338 g/mol. The average Bonchev–Trinajstić information content (AvgIpc) is 3.32. The van der Waals surface area contributed by atoms with E-state index in [1.807, 2.05) is 31.2 Å². The zero-order chi connectivity index (χ0) is 18.0. The molecule has 1 aliphatic rings. The summed E-state index contributed by atoms with van der Waals surface area (Å²) in [5.74, 6) is 0.390. The van der Waals surface area contributed by atoms with Crippen LogP contribution in [-0.4, -0.2) is 25.6 Å². The van der Waals surface area contributed by atoms with Crippen molar-refractivity contribution in [2.45, 2.75) is 26.2 Å². The van der Waals surface area contributed by atoms with E-state index in [4.69, 9.17) is 9.47 Å². The van der Waals surface area contributed by atoms with Crippen molar-refractivity contribution in [1.82, 2.24) is 0 Å². The van der Waals surface area contributed by atoms with Gasteiger partial charge in [-0.15, -0.1) is 11.3 Å². The first-order valence-corrected chi connectivity index (χ1v) is 9.08. The van der Waals surface area contributed by atoms with Crippen molar-refractivity contribution in [3.8, 4) is 5.75 Å². The fourth-order valence-corrected chi connectivity index (χ4v) is 3.88. The molecule has 1 aromatic carbocycles. The minimum atomic E-state index is -0.403. The molecule has 0 spiro atoms. The zero-order valence-corrected chi connectivity index (χ0v) is 15.3. The minimum absolute atomic E-state index is 0.0664. The number of methoxy groups -OCH3 is 1. The maximum atomic E-state index is 12.6. The number of nitrogens with one attached hydrogen (secondary N) is 1. The number of carbonyl (C=O) groups is 2. The standard InChI is InChI=1S/C19H21NO4S/c1-4-24-19(22)15-9-11(2)25-18(15)20-17(21)14-10-13(14)12-7-5-6-8-16(12)23-3/h5-9,13-14H,4,10H2,1-3H3,(H,20,21). The van der Waals surface area contributed by atoms with Crippen molar-refractivity contribution in [1.29, 1.82) is 0 Å². The summed E-state index contributed by atoms with van der Waals surface area (Å²) < 4.78 is 10.4. The molecular formula is C19H21NO4S. The van der Waals surface area contributed by atoms with Crippen LogP contribution in [0.15, 0.2) is 30.3 Å². The van der Waals surface area contributed by atoms with Crippen LogP contribution in [0.25, 0.3) is 0 Å². The molecule has 1 saturated carbocycles. The zero-order valence-electron chi connectivity index (χ0n) is 14.5. The van der Waals surface area contributed by atoms with Crippen molar-refractivity contribution >= 4 is 28.2 Å². The van der Waals surface area contributed by atoms with Gasteiger partial charge in [-0.3, -0.25) is 4.79 Å². The van der Waals surface area contributed by atoms with E-state index >= 15 is 0 Å². The predicted molar refractivity (Wildman–Crippen MR) is 97.5 cm³/mol. The van der Waals surface area contributed by atoms with Gasteiger partial charge in [0.2, 0.25) is 5.91 Å². The third-order valence-electron chi connectivity index (χ3n) is 4.25. The van der Waals surface area contributed by atoms with Crippen molar-refractivity contribution in [3.63, 3.8) is 0 Å². The first kappa shape index (κ1) is 17.5. The predicted octanol–water partition coefficient (Wildman–Crippen LogP) is 3.98. The number of esters is 1. The summed E-state index contributed by atoms with van der Waals surface area (Å²) in [5, 5.41) is 3.47. The Bertz CT molecular complexity index is 798. The Balaban J connectivity index is 1.71. The molecule has 1 amide bonds. The maximum Gasteiger partial charge on any atom is 0.341 e. The number of aryl methyl sites for hydroxylation is 1. The normalized spacial score (nSPS) is 18.5. The van der Waals surface area contributed by atoms with Crippen LogP contribution in [0, 0.1) is 12.8 Å². The van der Waals surface area contributed by atoms with Crippen molar-refractivity contribution < 1.29 is 19.1 Å². The highest BCUT2D eigenvalue weighted by Crippen LogP contribution is 2.51. The smallest absolute Gasteiger partial charge is 0.341 e. The third-order valence-corrected chi connectivity index (χ3v) is 5.22. The van der Waals surface area contributed by atoms with Gasteiger partial charge >= 0.3 is 5.97 Å². The van der Waals surface area contributed by atoms with E-state index in [9.17, 15) is 9.59 Å². The molecule has 2 atom stereocenters. The lowest BCUT2D eigenvalue weighted by Crippen LogP contribution is -2.16. The van der Waals surface area contributed by atoms with E-state index in [-0.39, 0.29) is 17.7 Å². The SMILES string of the molecule is CCOC(=O)c1cc(C)sc1NC(=O)C1CC1c1ccccc1OC. The number of hydrogen-bond acceptors (Lipinski definition) is 5. The highest BCUT2D eigenvalue weighted by molar-refractivity contribution is 7.16. The Kier molecular flexibility index (Phi) is 5.08. The molecule has 0 bridgehead atoms. The topological polar surface area (TPSA) is 64.6 Å². The second-order valence-corrected chi connectivity index (χ2v) is 7.26. The quantitative estimate of drug-likeness (QED) is 0.792. The lowest BCUT2D eigenvalue weighted by atomic mass is 10.1. The number of amides is 1. The van der Waals surface area contributed by atoms with E-state index in [1.165, 1.54) is 11.3 Å². The first-order chi connectivity index (χ1) is 12.0. The molecule has 0 saturated heterocycles. The Hall–Kier alpha value is -2.34. The Morgan fingerprint density at radius 1 is 1.32 bits per heavy atom. The molecule has 1 aliphatic carbocycles. The Morgan fingerprint density at radius 3 is 2.80 bits per heavy atom. The van der Waals surface area contributed by atoms with E-state index in [1.54, 1.807) is 20.1 Å². The highest BCUT2D eigenvalue weighted by Gasteiger charge is 2.45. The van der Waals surface area contributed by atoms with Gasteiger partial charge in [0.1, 0.15) is 10.8 Å². The summed E-state index contributed by atoms with van der Waals surface area (Å²) >= 11 is 1.39. The van der Waals surface area contributed by atoms with Gasteiger partial charge in [0.15, 0.2) is 0 Å². The maximum absolute atomic E-state index is 12.6. The number of carbonyl (C=O) groups excluding carboxylic acids is 2. The minimum Gasteiger partial charge on any atom is -0.496 e. The van der Waals surface area contributed by atoms with Gasteiger partial charge in [-0.25, -0.2) is 4.79 Å². The number of ether oxygens (including phenoxy) is 2. The molecule has 132 valence electrons. The van der Waals surface area contributed by atoms with Gasteiger partial charge in [-0.2, -0.15) is 0 Å². The van der Waals surface area contributed by atoms with Crippen LogP contribution in [0.5, 0.6) is 5.75 Å². The molecule has 1 N–H and O–H groups in total. The summed E-state index contributed by atoms with van der Waals surface area (Å²) in [6, 6.07) is 9.52. The first-order valence-electron chi connectivity index (χ1n) is 8.26. The number of para-hydroxylation sites is 1. The van der Waals surface area contributed by atoms with E-state index in [2.05, 4.69) is 5.32 Å². The van der Waals surface area contributed by atoms with Crippen molar-refractivity contribution in [2.75, 3.05) is 19.0 Å². The summed E-state index contributed by atoms with van der Waals surface area (Å²) in [6.45, 7) is 3.97. The van der Waals surface area contributed by atoms with Crippen LogP contribution < -0.4 is 10.1 Å². The van der Waals surface area contributed by atoms with Gasteiger partial charge in [0.25, 0.3) is 0 Å². The van der Waals surface area contributed by atoms with Crippen LogP contribution in [0.4, 0.5) is 5.00 Å². The highest BCUT2D eigenvalue weighted by atomic mass is 32.1. The largest absolute Gasteiger partial charge is 0.496 e. The van der Waals surface area contributed by atoms with E-state index in [0.717, 1.165) is 22.6 Å². The van der Waals surface area contributed by atoms with Crippen LogP contribution in [0.2, 0.25) is 0 Å². The summed E-state index contributed by atoms with van der Waals surface area (Å²) in [5.41, 5.74) is 1.48. The van der Waals surface area contributed by atoms with Crippen LogP contribution in [0.3, 0.4) is 0 Å². The molecule has 1 heterocycles. The number of anilines is 1. The molecule has 3 rings (SSSR count). The Labute approximate surface area is 151 Å². The third kappa shape index (κ3) is 3.69. The number of benzene rings is 1. The Morgan fingerprint density at radius 2 is 2.08 bits per heavy atom. The van der Waals surface area contributed by atoms with Crippen LogP contribution >= 0.6 is 11.3 Å². The number of thiophene rings is 1. The molecule has 25 heavy (non-hydrogen) atoms. The summed E-state index contributed by atoms with van der Waals surface area (Å²) in [7, 11) is 1.64. The van der Waals surface area contributed by atoms with Gasteiger partial charge in [0.05, 0.1) is 19.3 Å². The van der Waals surface area contributed by atoms with E-state index in [0.29, 0.717) is 17.2 Å². The monoisotopic (exact) mass is 359 g/mol. The molecule has 0 aliphatic heterocycles. The van der Waals surface area contributed by atoms with Gasteiger partial charge in [-0.1, -0.05) is 18.2 Å². The summed E-state index contributed by atoms with van der Waals surface area (Å²) in [6.07, 6.45) is 0.783. The molecule has 6 heteroatoms. The number of rotatable bonds is 6. The fourth-order valence-electron chi connectivity index (χ4n) is 2.97. The lowest BCUT2D eigenvalue weighted by Gasteiger charge is -2.08. The molecule has 0 radical (unpaired) electrons. The average molecular weight is 359 g/mol. The molecule has 2 aromatic rings. The molecule has 2 unspecified atom stereocenters. The van der Waals surface area contributed by atoms with Gasteiger partial charge in [0, 0.05) is 10.8 Å². The van der Waals surface area contributed by atoms with Gasteiger partial charge in [-0.05, 0) is 43.9 Å². The second-order valence-electron chi connectivity index (χ2n) is 6.00. The molecule has 5 nitrogen and oxygen atoms in total. The van der Waals surface area contributed by atoms with Gasteiger partial charge < -0.3 is 14.8 Å². The van der Waals surface area contributed by atoms with Crippen LogP contribution in [-0.2, 0) is 9.53 Å². The number of hydrogen-bond donors (Lipinski definition) is 1. The fraction of sp³-hybridized carbons (Fsp3) is 0.368. The summed E-state index contributed by atoms with van der Waals surface area (Å²) in [4.78, 5) is 25.6. The van der Waals surface area contributed by atoms with E-state index < -0.39 is 5.97 Å². The molecule has 1 aromatic heterocycles.